The summed E-state index contributed by atoms with van der Waals surface area (Å²) in [5.74, 6) is -1.09. The number of carboxylic acids is 1. The van der Waals surface area contributed by atoms with Gasteiger partial charge in [0.1, 0.15) is 6.04 Å². The summed E-state index contributed by atoms with van der Waals surface area (Å²) in [6.07, 6.45) is 0. The van der Waals surface area contributed by atoms with Crippen molar-refractivity contribution in [2.75, 3.05) is 5.32 Å². The number of hydrogen-bond donors (Lipinski definition) is 3. The largest absolute Gasteiger partial charge is 0.480 e. The molecule has 0 aliphatic heterocycles. The third kappa shape index (κ3) is 4.38. The number of benzene rings is 1. The highest BCUT2D eigenvalue weighted by molar-refractivity contribution is 9.10. The normalized spacial score (nSPS) is 12.7. The molecule has 0 radical (unpaired) electrons. The van der Waals surface area contributed by atoms with Gasteiger partial charge in [0.25, 0.3) is 0 Å². The number of carbonyl (C=O) groups is 2. The Labute approximate surface area is 130 Å². The second kappa shape index (κ2) is 6.45. The molecule has 0 heterocycles. The number of carbonyl (C=O) groups excluding carboxylic acids is 1. The Morgan fingerprint density at radius 2 is 1.95 bits per heavy atom. The molecule has 0 unspecified atom stereocenters. The van der Waals surface area contributed by atoms with E-state index in [1.54, 1.807) is 39.0 Å². The van der Waals surface area contributed by atoms with Crippen molar-refractivity contribution in [1.29, 1.82) is 0 Å². The molecule has 7 heteroatoms. The number of rotatable bonds is 3. The molecule has 1 aromatic rings. The fraction of sp³-hybridized carbons (Fsp3) is 0.385. The van der Waals surface area contributed by atoms with Gasteiger partial charge in [-0.3, -0.25) is 0 Å². The molecular formula is C13H16BrClN2O3. The second-order valence-corrected chi connectivity index (χ2v) is 6.54. The summed E-state index contributed by atoms with van der Waals surface area (Å²) >= 11 is 9.17. The molecular weight excluding hydrogens is 348 g/mol. The van der Waals surface area contributed by atoms with Crippen LogP contribution in [0.5, 0.6) is 0 Å². The smallest absolute Gasteiger partial charge is 0.326 e. The van der Waals surface area contributed by atoms with Gasteiger partial charge in [-0.1, -0.05) is 38.4 Å². The minimum atomic E-state index is -1.09. The van der Waals surface area contributed by atoms with Crippen molar-refractivity contribution in [3.63, 3.8) is 0 Å². The van der Waals surface area contributed by atoms with Crippen LogP contribution in [-0.2, 0) is 4.79 Å². The molecule has 0 bridgehead atoms. The van der Waals surface area contributed by atoms with Crippen LogP contribution in [0, 0.1) is 5.41 Å². The van der Waals surface area contributed by atoms with E-state index < -0.39 is 23.5 Å². The van der Waals surface area contributed by atoms with Crippen molar-refractivity contribution in [3.05, 3.63) is 27.7 Å². The van der Waals surface area contributed by atoms with Gasteiger partial charge in [0.15, 0.2) is 0 Å². The average Bonchev–Trinajstić information content (AvgIpc) is 2.30. The zero-order valence-corrected chi connectivity index (χ0v) is 13.7. The van der Waals surface area contributed by atoms with Crippen molar-refractivity contribution in [2.24, 2.45) is 5.41 Å². The zero-order chi connectivity index (χ0) is 15.5. The van der Waals surface area contributed by atoms with Crippen LogP contribution in [0.25, 0.3) is 0 Å². The molecule has 1 aromatic carbocycles. The molecule has 0 aliphatic rings. The van der Waals surface area contributed by atoms with Crippen molar-refractivity contribution in [3.8, 4) is 0 Å². The lowest BCUT2D eigenvalue weighted by Crippen LogP contribution is -2.50. The predicted molar refractivity (Wildman–Crippen MR) is 82.2 cm³/mol. The van der Waals surface area contributed by atoms with E-state index in [0.29, 0.717) is 15.2 Å². The minimum absolute atomic E-state index is 0.452. The third-order valence-corrected chi connectivity index (χ3v) is 3.99. The Morgan fingerprint density at radius 1 is 1.35 bits per heavy atom. The quantitative estimate of drug-likeness (QED) is 0.766. The molecule has 3 N–H and O–H groups in total. The van der Waals surface area contributed by atoms with Crippen LogP contribution in [0.1, 0.15) is 20.8 Å². The van der Waals surface area contributed by atoms with Gasteiger partial charge < -0.3 is 15.7 Å². The summed E-state index contributed by atoms with van der Waals surface area (Å²) in [5.41, 5.74) is -0.137. The second-order valence-electron chi connectivity index (χ2n) is 5.34. The van der Waals surface area contributed by atoms with Gasteiger partial charge in [0.05, 0.1) is 15.2 Å². The number of amides is 2. The zero-order valence-electron chi connectivity index (χ0n) is 11.3. The van der Waals surface area contributed by atoms with E-state index in [9.17, 15) is 9.59 Å². The molecule has 0 spiro atoms. The molecule has 1 rings (SSSR count). The highest BCUT2D eigenvalue weighted by Gasteiger charge is 2.32. The van der Waals surface area contributed by atoms with E-state index in [1.807, 2.05) is 0 Å². The van der Waals surface area contributed by atoms with Gasteiger partial charge in [-0.15, -0.1) is 0 Å². The first-order valence-electron chi connectivity index (χ1n) is 5.87. The van der Waals surface area contributed by atoms with Crippen LogP contribution in [0.15, 0.2) is 22.7 Å². The first-order chi connectivity index (χ1) is 9.12. The van der Waals surface area contributed by atoms with Crippen LogP contribution in [0.2, 0.25) is 5.02 Å². The highest BCUT2D eigenvalue weighted by atomic mass is 79.9. The summed E-state index contributed by atoms with van der Waals surface area (Å²) < 4.78 is 0.541. The Hall–Kier alpha value is -1.27. The van der Waals surface area contributed by atoms with Crippen LogP contribution in [0.4, 0.5) is 10.5 Å². The summed E-state index contributed by atoms with van der Waals surface area (Å²) in [5, 5.41) is 14.6. The molecule has 0 fully saturated rings. The van der Waals surface area contributed by atoms with E-state index in [4.69, 9.17) is 16.7 Å². The van der Waals surface area contributed by atoms with Gasteiger partial charge in [-0.2, -0.15) is 0 Å². The van der Waals surface area contributed by atoms with E-state index in [2.05, 4.69) is 26.6 Å². The number of aliphatic carboxylic acids is 1. The molecule has 20 heavy (non-hydrogen) atoms. The number of anilines is 1. The van der Waals surface area contributed by atoms with Crippen LogP contribution in [-0.4, -0.2) is 23.1 Å². The first kappa shape index (κ1) is 16.8. The molecule has 2 amide bonds. The highest BCUT2D eigenvalue weighted by Crippen LogP contribution is 2.30. The van der Waals surface area contributed by atoms with Gasteiger partial charge >= 0.3 is 12.0 Å². The molecule has 110 valence electrons. The van der Waals surface area contributed by atoms with Crippen LogP contribution < -0.4 is 10.6 Å². The molecule has 0 aromatic heterocycles. The maximum Gasteiger partial charge on any atom is 0.326 e. The lowest BCUT2D eigenvalue weighted by atomic mass is 9.87. The van der Waals surface area contributed by atoms with E-state index in [1.165, 1.54) is 0 Å². The maximum atomic E-state index is 11.9. The predicted octanol–water partition coefficient (Wildman–Crippen LogP) is 3.72. The van der Waals surface area contributed by atoms with Crippen LogP contribution in [0.3, 0.4) is 0 Å². The molecule has 5 nitrogen and oxygen atoms in total. The topological polar surface area (TPSA) is 78.4 Å². The maximum absolute atomic E-state index is 11.9. The summed E-state index contributed by atoms with van der Waals surface area (Å²) in [6, 6.07) is 3.41. The average molecular weight is 364 g/mol. The number of nitrogens with one attached hydrogen (secondary N) is 2. The lowest BCUT2D eigenvalue weighted by molar-refractivity contribution is -0.141. The molecule has 0 saturated heterocycles. The Balaban J connectivity index is 2.82. The van der Waals surface area contributed by atoms with Gasteiger partial charge in [-0.05, 0) is 33.5 Å². The van der Waals surface area contributed by atoms with Crippen molar-refractivity contribution in [1.82, 2.24) is 5.32 Å². The Kier molecular flexibility index (Phi) is 5.42. The number of carboxylic acid groups (broad SMARTS) is 1. The summed E-state index contributed by atoms with van der Waals surface area (Å²) in [6.45, 7) is 5.21. The number of halogens is 2. The Morgan fingerprint density at radius 3 is 2.45 bits per heavy atom. The lowest BCUT2D eigenvalue weighted by Gasteiger charge is -2.27. The van der Waals surface area contributed by atoms with Gasteiger partial charge in [0.2, 0.25) is 0 Å². The standard InChI is InChI=1S/C13H16BrClN2O3/c1-13(2,3)10(11(18)19)17-12(20)16-8-6-4-5-7(15)9(8)14/h4-6,10H,1-3H3,(H,18,19)(H2,16,17,20)/t10-/m1/s1. The van der Waals surface area contributed by atoms with Gasteiger partial charge in [-0.25, -0.2) is 9.59 Å². The number of urea groups is 1. The fourth-order valence-corrected chi connectivity index (χ4v) is 2.08. The van der Waals surface area contributed by atoms with E-state index >= 15 is 0 Å². The first-order valence-corrected chi connectivity index (χ1v) is 7.04. The Bertz CT molecular complexity index is 529. The minimum Gasteiger partial charge on any atom is -0.480 e. The van der Waals surface area contributed by atoms with E-state index in [-0.39, 0.29) is 0 Å². The van der Waals surface area contributed by atoms with Crippen molar-refractivity contribution in [2.45, 2.75) is 26.8 Å². The molecule has 0 aliphatic carbocycles. The fourth-order valence-electron chi connectivity index (χ4n) is 1.54. The number of hydrogen-bond acceptors (Lipinski definition) is 2. The SMILES string of the molecule is CC(C)(C)[C@H](NC(=O)Nc1cccc(Cl)c1Br)C(=O)O. The van der Waals surface area contributed by atoms with E-state index in [0.717, 1.165) is 0 Å². The van der Waals surface area contributed by atoms with Gasteiger partial charge in [0, 0.05) is 0 Å². The summed E-state index contributed by atoms with van der Waals surface area (Å²) in [4.78, 5) is 23.1. The molecule has 0 saturated carbocycles. The molecule has 1 atom stereocenters. The van der Waals surface area contributed by atoms with Crippen molar-refractivity contribution < 1.29 is 14.7 Å². The monoisotopic (exact) mass is 362 g/mol. The van der Waals surface area contributed by atoms with Crippen molar-refractivity contribution >= 4 is 45.2 Å². The summed E-state index contributed by atoms with van der Waals surface area (Å²) in [7, 11) is 0. The van der Waals surface area contributed by atoms with Crippen LogP contribution >= 0.6 is 27.5 Å². The third-order valence-electron chi connectivity index (χ3n) is 2.59.